The highest BCUT2D eigenvalue weighted by Gasteiger charge is 2.09. The van der Waals surface area contributed by atoms with Gasteiger partial charge < -0.3 is 4.74 Å². The summed E-state index contributed by atoms with van der Waals surface area (Å²) in [7, 11) is 1.34. The predicted octanol–water partition coefficient (Wildman–Crippen LogP) is 2.29. The Hall–Kier alpha value is -1.16. The molecule has 0 unspecified atom stereocenters. The van der Waals surface area contributed by atoms with Crippen molar-refractivity contribution in [3.05, 3.63) is 33.3 Å². The van der Waals surface area contributed by atoms with Crippen LogP contribution in [-0.4, -0.2) is 19.4 Å². The minimum absolute atomic E-state index is 0.183. The number of methoxy groups -OCH3 is 1. The molecule has 80 valence electrons. The quantitative estimate of drug-likeness (QED) is 0.625. The number of ether oxygens (including phenoxy) is 1. The van der Waals surface area contributed by atoms with Crippen LogP contribution < -0.4 is 0 Å². The van der Waals surface area contributed by atoms with Crippen LogP contribution in [0.15, 0.2) is 16.6 Å². The van der Waals surface area contributed by atoms with Crippen LogP contribution in [0.25, 0.3) is 0 Å². The monoisotopic (exact) mass is 270 g/mol. The Morgan fingerprint density at radius 2 is 2.20 bits per heavy atom. The summed E-state index contributed by atoms with van der Waals surface area (Å²) in [5.41, 5.74) is 2.21. The topological polar surface area (TPSA) is 43.4 Å². The first-order chi connectivity index (χ1) is 7.08. The van der Waals surface area contributed by atoms with Gasteiger partial charge >= 0.3 is 5.97 Å². The lowest BCUT2D eigenvalue weighted by molar-refractivity contribution is -0.139. The Balaban J connectivity index is 3.11. The van der Waals surface area contributed by atoms with Crippen LogP contribution in [0.2, 0.25) is 0 Å². The van der Waals surface area contributed by atoms with Gasteiger partial charge in [0.2, 0.25) is 0 Å². The molecule has 0 amide bonds. The van der Waals surface area contributed by atoms with E-state index >= 15 is 0 Å². The van der Waals surface area contributed by atoms with Crippen molar-refractivity contribution in [2.45, 2.75) is 13.3 Å². The van der Waals surface area contributed by atoms with Crippen LogP contribution in [0.1, 0.15) is 21.5 Å². The summed E-state index contributed by atoms with van der Waals surface area (Å²) >= 11 is 3.29. The maximum absolute atomic E-state index is 11.1. The number of benzene rings is 1. The molecule has 0 aliphatic heterocycles. The SMILES string of the molecule is COC(=O)Cc1cc(Br)cc(C=O)c1C. The van der Waals surface area contributed by atoms with Gasteiger partial charge in [-0.05, 0) is 30.2 Å². The van der Waals surface area contributed by atoms with Gasteiger partial charge in [0.1, 0.15) is 6.29 Å². The van der Waals surface area contributed by atoms with E-state index < -0.39 is 0 Å². The van der Waals surface area contributed by atoms with Gasteiger partial charge in [0, 0.05) is 10.0 Å². The van der Waals surface area contributed by atoms with Gasteiger partial charge in [-0.1, -0.05) is 15.9 Å². The largest absolute Gasteiger partial charge is 0.469 e. The number of rotatable bonds is 3. The van der Waals surface area contributed by atoms with Crippen molar-refractivity contribution in [2.24, 2.45) is 0 Å². The van der Waals surface area contributed by atoms with Crippen LogP contribution in [0.5, 0.6) is 0 Å². The van der Waals surface area contributed by atoms with Crippen molar-refractivity contribution in [2.75, 3.05) is 7.11 Å². The van der Waals surface area contributed by atoms with Gasteiger partial charge in [0.05, 0.1) is 13.5 Å². The van der Waals surface area contributed by atoms with Gasteiger partial charge in [-0.2, -0.15) is 0 Å². The number of hydrogen-bond donors (Lipinski definition) is 0. The van der Waals surface area contributed by atoms with Crippen LogP contribution in [0, 0.1) is 6.92 Å². The molecule has 1 aromatic rings. The molecule has 1 rings (SSSR count). The summed E-state index contributed by atoms with van der Waals surface area (Å²) < 4.78 is 5.37. The number of hydrogen-bond acceptors (Lipinski definition) is 3. The zero-order valence-electron chi connectivity index (χ0n) is 8.54. The molecule has 0 spiro atoms. The standard InChI is InChI=1S/C11H11BrO3/c1-7-8(5-11(14)15-2)3-10(12)4-9(7)6-13/h3-4,6H,5H2,1-2H3. The first kappa shape index (κ1) is 11.9. The molecule has 0 saturated carbocycles. The molecule has 0 aliphatic carbocycles. The van der Waals surface area contributed by atoms with Crippen molar-refractivity contribution in [3.8, 4) is 0 Å². The molecule has 4 heteroatoms. The normalized spacial score (nSPS) is 9.80. The Morgan fingerprint density at radius 1 is 1.53 bits per heavy atom. The molecular weight excluding hydrogens is 260 g/mol. The van der Waals surface area contributed by atoms with Crippen LogP contribution in [0.4, 0.5) is 0 Å². The van der Waals surface area contributed by atoms with Crippen molar-refractivity contribution in [1.82, 2.24) is 0 Å². The fourth-order valence-corrected chi connectivity index (χ4v) is 1.82. The number of esters is 1. The fourth-order valence-electron chi connectivity index (χ4n) is 1.29. The summed E-state index contributed by atoms with van der Waals surface area (Å²) in [5, 5.41) is 0. The summed E-state index contributed by atoms with van der Waals surface area (Å²) in [6.07, 6.45) is 0.962. The van der Waals surface area contributed by atoms with Crippen LogP contribution in [-0.2, 0) is 16.0 Å². The average Bonchev–Trinajstić information content (AvgIpc) is 2.22. The molecule has 0 radical (unpaired) electrons. The fraction of sp³-hybridized carbons (Fsp3) is 0.273. The lowest BCUT2D eigenvalue weighted by Gasteiger charge is -2.07. The predicted molar refractivity (Wildman–Crippen MR) is 60.0 cm³/mol. The van der Waals surface area contributed by atoms with Crippen molar-refractivity contribution in [3.63, 3.8) is 0 Å². The van der Waals surface area contributed by atoms with Gasteiger partial charge in [-0.25, -0.2) is 0 Å². The Morgan fingerprint density at radius 3 is 2.73 bits per heavy atom. The maximum atomic E-state index is 11.1. The van der Waals surface area contributed by atoms with E-state index in [9.17, 15) is 9.59 Å². The third-order valence-corrected chi connectivity index (χ3v) is 2.67. The minimum atomic E-state index is -0.312. The first-order valence-electron chi connectivity index (χ1n) is 4.39. The highest BCUT2D eigenvalue weighted by Crippen LogP contribution is 2.20. The summed E-state index contributed by atoms with van der Waals surface area (Å²) in [6.45, 7) is 1.81. The molecule has 0 N–H and O–H groups in total. The molecule has 3 nitrogen and oxygen atoms in total. The highest BCUT2D eigenvalue weighted by atomic mass is 79.9. The van der Waals surface area contributed by atoms with Gasteiger partial charge in [-0.3, -0.25) is 9.59 Å². The summed E-state index contributed by atoms with van der Waals surface area (Å²) in [5.74, 6) is -0.312. The van der Waals surface area contributed by atoms with E-state index in [2.05, 4.69) is 20.7 Å². The van der Waals surface area contributed by atoms with E-state index in [-0.39, 0.29) is 12.4 Å². The van der Waals surface area contributed by atoms with Crippen LogP contribution in [0.3, 0.4) is 0 Å². The van der Waals surface area contributed by atoms with Gasteiger partial charge in [0.15, 0.2) is 0 Å². The van der Waals surface area contributed by atoms with E-state index in [0.29, 0.717) is 5.56 Å². The highest BCUT2D eigenvalue weighted by molar-refractivity contribution is 9.10. The number of carbonyl (C=O) groups is 2. The first-order valence-corrected chi connectivity index (χ1v) is 5.18. The number of halogens is 1. The average molecular weight is 271 g/mol. The van der Waals surface area contributed by atoms with Crippen LogP contribution >= 0.6 is 15.9 Å². The minimum Gasteiger partial charge on any atom is -0.469 e. The number of carbonyl (C=O) groups excluding carboxylic acids is 2. The van der Waals surface area contributed by atoms with E-state index in [4.69, 9.17) is 0 Å². The molecular formula is C11H11BrO3. The summed E-state index contributed by atoms with van der Waals surface area (Å²) in [6, 6.07) is 3.54. The molecule has 0 heterocycles. The molecule has 1 aromatic carbocycles. The molecule has 0 aromatic heterocycles. The van der Waals surface area contributed by atoms with E-state index in [1.165, 1.54) is 7.11 Å². The molecule has 0 fully saturated rings. The lowest BCUT2D eigenvalue weighted by atomic mass is 10.0. The van der Waals surface area contributed by atoms with Crippen molar-refractivity contribution < 1.29 is 14.3 Å². The second-order valence-electron chi connectivity index (χ2n) is 3.15. The Kier molecular flexibility index (Phi) is 4.03. The third kappa shape index (κ3) is 2.89. The summed E-state index contributed by atoms with van der Waals surface area (Å²) in [4.78, 5) is 21.9. The van der Waals surface area contributed by atoms with Gasteiger partial charge in [-0.15, -0.1) is 0 Å². The van der Waals surface area contributed by atoms with E-state index in [1.807, 2.05) is 13.0 Å². The maximum Gasteiger partial charge on any atom is 0.309 e. The van der Waals surface area contributed by atoms with Gasteiger partial charge in [0.25, 0.3) is 0 Å². The lowest BCUT2D eigenvalue weighted by Crippen LogP contribution is -2.07. The molecule has 0 aliphatic rings. The third-order valence-electron chi connectivity index (χ3n) is 2.21. The Bertz CT molecular complexity index is 399. The molecule has 0 saturated heterocycles. The van der Waals surface area contributed by atoms with E-state index in [0.717, 1.165) is 21.9 Å². The molecule has 0 bridgehead atoms. The van der Waals surface area contributed by atoms with E-state index in [1.54, 1.807) is 6.07 Å². The number of aldehydes is 1. The second kappa shape index (κ2) is 5.07. The Labute approximate surface area is 96.6 Å². The zero-order chi connectivity index (χ0) is 11.4. The zero-order valence-corrected chi connectivity index (χ0v) is 10.1. The molecule has 15 heavy (non-hydrogen) atoms. The smallest absolute Gasteiger partial charge is 0.309 e. The molecule has 0 atom stereocenters. The second-order valence-corrected chi connectivity index (χ2v) is 4.07. The van der Waals surface area contributed by atoms with Crippen molar-refractivity contribution in [1.29, 1.82) is 0 Å². The van der Waals surface area contributed by atoms with Crippen molar-refractivity contribution >= 4 is 28.2 Å².